The molecule has 0 atom stereocenters. The minimum atomic E-state index is 1.01. The molecule has 0 heterocycles. The fraction of sp³-hybridized carbons (Fsp3) is 0.211. The van der Waals surface area contributed by atoms with Gasteiger partial charge in [0.2, 0.25) is 0 Å². The highest BCUT2D eigenvalue weighted by molar-refractivity contribution is 5.75. The molecule has 0 fully saturated rings. The Balaban J connectivity index is 1.97. The molecule has 2 aromatic rings. The first-order chi connectivity index (χ1) is 10.1. The Kier molecular flexibility index (Phi) is 4.94. The zero-order chi connectivity index (χ0) is 15.2. The van der Waals surface area contributed by atoms with E-state index in [9.17, 15) is 0 Å². The second-order valence-corrected chi connectivity index (χ2v) is 5.39. The summed E-state index contributed by atoms with van der Waals surface area (Å²) >= 11 is 0. The van der Waals surface area contributed by atoms with Crippen LogP contribution in [-0.2, 0) is 0 Å². The molecule has 0 aliphatic carbocycles. The monoisotopic (exact) mass is 278 g/mol. The van der Waals surface area contributed by atoms with Gasteiger partial charge in [-0.2, -0.15) is 0 Å². The van der Waals surface area contributed by atoms with E-state index in [1.54, 1.807) is 0 Å². The Morgan fingerprint density at radius 3 is 2.19 bits per heavy atom. The molecular weight excluding hydrogens is 256 g/mol. The van der Waals surface area contributed by atoms with Gasteiger partial charge in [-0.25, -0.2) is 0 Å². The molecule has 2 rings (SSSR count). The second kappa shape index (κ2) is 6.89. The fourth-order valence-corrected chi connectivity index (χ4v) is 2.23. The predicted molar refractivity (Wildman–Crippen MR) is 92.7 cm³/mol. The van der Waals surface area contributed by atoms with Crippen LogP contribution in [0.3, 0.4) is 0 Å². The summed E-state index contributed by atoms with van der Waals surface area (Å²) < 4.78 is 0. The maximum absolute atomic E-state index is 4.46. The van der Waals surface area contributed by atoms with Crippen LogP contribution in [0.15, 0.2) is 53.7 Å². The first kappa shape index (κ1) is 15.0. The summed E-state index contributed by atoms with van der Waals surface area (Å²) in [5.41, 5.74) is 7.11. The summed E-state index contributed by atoms with van der Waals surface area (Å²) in [7, 11) is 0. The van der Waals surface area contributed by atoms with Crippen molar-refractivity contribution in [1.29, 1.82) is 0 Å². The van der Waals surface area contributed by atoms with Crippen LogP contribution in [0, 0.1) is 27.7 Å². The van der Waals surface area contributed by atoms with Crippen LogP contribution in [0.25, 0.3) is 0 Å². The molecule has 0 saturated heterocycles. The topological polar surface area (TPSA) is 24.4 Å². The average Bonchev–Trinajstić information content (AvgIpc) is 2.42. The zero-order valence-corrected chi connectivity index (χ0v) is 13.1. The van der Waals surface area contributed by atoms with E-state index in [1.165, 1.54) is 22.3 Å². The van der Waals surface area contributed by atoms with E-state index in [0.717, 1.165) is 11.4 Å². The largest absolute Gasteiger partial charge is 0.361 e. The minimum Gasteiger partial charge on any atom is -0.361 e. The van der Waals surface area contributed by atoms with Gasteiger partial charge >= 0.3 is 0 Å². The summed E-state index contributed by atoms with van der Waals surface area (Å²) in [6.45, 7) is 8.38. The number of nitrogens with one attached hydrogen (secondary N) is 1. The molecule has 2 aromatic carbocycles. The molecule has 0 unspecified atom stereocenters. The number of anilines is 1. The average molecular weight is 278 g/mol. The quantitative estimate of drug-likeness (QED) is 0.759. The summed E-state index contributed by atoms with van der Waals surface area (Å²) in [5.74, 6) is 0. The molecule has 0 aromatic heterocycles. The summed E-state index contributed by atoms with van der Waals surface area (Å²) in [5, 5.41) is 3.28. The van der Waals surface area contributed by atoms with Crippen LogP contribution in [0.4, 0.5) is 11.4 Å². The van der Waals surface area contributed by atoms with Gasteiger partial charge in [0.05, 0.1) is 5.69 Å². The number of aryl methyl sites for hydroxylation is 4. The van der Waals surface area contributed by atoms with E-state index in [1.807, 2.05) is 24.6 Å². The zero-order valence-electron chi connectivity index (χ0n) is 13.1. The SMILES string of the molecule is Cc1ccc(N=CC=CNc2ccc(C)cc2C)c(C)c1. The van der Waals surface area contributed by atoms with Crippen molar-refractivity contribution in [1.82, 2.24) is 0 Å². The van der Waals surface area contributed by atoms with Gasteiger partial charge < -0.3 is 5.32 Å². The number of aliphatic imine (C=N–C) groups is 1. The van der Waals surface area contributed by atoms with E-state index in [2.05, 4.69) is 68.3 Å². The van der Waals surface area contributed by atoms with E-state index < -0.39 is 0 Å². The molecule has 0 aliphatic heterocycles. The predicted octanol–water partition coefficient (Wildman–Crippen LogP) is 5.25. The van der Waals surface area contributed by atoms with Crippen molar-refractivity contribution in [3.8, 4) is 0 Å². The molecule has 0 spiro atoms. The van der Waals surface area contributed by atoms with Gasteiger partial charge in [-0.1, -0.05) is 35.4 Å². The number of benzene rings is 2. The standard InChI is InChI=1S/C19H22N2/c1-14-6-8-18(16(3)12-14)20-10-5-11-21-19-9-7-15(2)13-17(19)4/h5-13,20H,1-4H3. The molecule has 0 saturated carbocycles. The Morgan fingerprint density at radius 1 is 0.857 bits per heavy atom. The van der Waals surface area contributed by atoms with E-state index in [-0.39, 0.29) is 0 Å². The van der Waals surface area contributed by atoms with Gasteiger partial charge in [0.25, 0.3) is 0 Å². The highest BCUT2D eigenvalue weighted by Gasteiger charge is 1.95. The number of rotatable bonds is 4. The molecule has 2 nitrogen and oxygen atoms in total. The van der Waals surface area contributed by atoms with E-state index in [4.69, 9.17) is 0 Å². The summed E-state index contributed by atoms with van der Waals surface area (Å²) in [6.07, 6.45) is 5.64. The number of nitrogens with zero attached hydrogens (tertiary/aromatic N) is 1. The second-order valence-electron chi connectivity index (χ2n) is 5.39. The maximum Gasteiger partial charge on any atom is 0.0658 e. The third-order valence-electron chi connectivity index (χ3n) is 3.37. The Bertz CT molecular complexity index is 682. The first-order valence-electron chi connectivity index (χ1n) is 7.16. The molecule has 0 amide bonds. The molecule has 0 radical (unpaired) electrons. The lowest BCUT2D eigenvalue weighted by Crippen LogP contribution is -1.91. The third-order valence-corrected chi connectivity index (χ3v) is 3.37. The van der Waals surface area contributed by atoms with Gasteiger partial charge in [-0.15, -0.1) is 0 Å². The van der Waals surface area contributed by atoms with E-state index in [0.29, 0.717) is 0 Å². The van der Waals surface area contributed by atoms with Crippen molar-refractivity contribution in [2.24, 2.45) is 4.99 Å². The number of allylic oxidation sites excluding steroid dienone is 1. The van der Waals surface area contributed by atoms with Gasteiger partial charge in [0.1, 0.15) is 0 Å². The maximum atomic E-state index is 4.46. The third kappa shape index (κ3) is 4.32. The lowest BCUT2D eigenvalue weighted by molar-refractivity contribution is 1.35. The summed E-state index contributed by atoms with van der Waals surface area (Å²) in [6, 6.07) is 12.6. The Labute approximate surface area is 127 Å². The van der Waals surface area contributed by atoms with Gasteiger partial charge in [0.15, 0.2) is 0 Å². The van der Waals surface area contributed by atoms with Crippen molar-refractivity contribution in [2.75, 3.05) is 5.32 Å². The molecule has 0 aliphatic rings. The molecule has 2 heteroatoms. The number of hydrogen-bond acceptors (Lipinski definition) is 2. The highest BCUT2D eigenvalue weighted by Crippen LogP contribution is 2.19. The molecular formula is C19H22N2. The Morgan fingerprint density at radius 2 is 1.52 bits per heavy atom. The van der Waals surface area contributed by atoms with Crippen LogP contribution in [0.1, 0.15) is 22.3 Å². The first-order valence-corrected chi connectivity index (χ1v) is 7.16. The van der Waals surface area contributed by atoms with Gasteiger partial charge in [-0.3, -0.25) is 4.99 Å². The van der Waals surface area contributed by atoms with Crippen LogP contribution in [0.2, 0.25) is 0 Å². The molecule has 0 bridgehead atoms. The fourth-order valence-electron chi connectivity index (χ4n) is 2.23. The van der Waals surface area contributed by atoms with Crippen molar-refractivity contribution in [3.63, 3.8) is 0 Å². The lowest BCUT2D eigenvalue weighted by Gasteiger charge is -2.05. The van der Waals surface area contributed by atoms with Crippen LogP contribution < -0.4 is 5.32 Å². The van der Waals surface area contributed by atoms with Crippen LogP contribution >= 0.6 is 0 Å². The normalized spacial score (nSPS) is 11.4. The van der Waals surface area contributed by atoms with Crippen LogP contribution in [0.5, 0.6) is 0 Å². The minimum absolute atomic E-state index is 1.01. The van der Waals surface area contributed by atoms with Gasteiger partial charge in [0, 0.05) is 18.1 Å². The van der Waals surface area contributed by atoms with Crippen molar-refractivity contribution >= 4 is 17.6 Å². The lowest BCUT2D eigenvalue weighted by atomic mass is 10.1. The Hall–Kier alpha value is -2.35. The van der Waals surface area contributed by atoms with Crippen molar-refractivity contribution in [2.45, 2.75) is 27.7 Å². The highest BCUT2D eigenvalue weighted by atomic mass is 14.8. The van der Waals surface area contributed by atoms with Crippen molar-refractivity contribution in [3.05, 3.63) is 70.9 Å². The summed E-state index contributed by atoms with van der Waals surface area (Å²) in [4.78, 5) is 4.46. The van der Waals surface area contributed by atoms with Crippen molar-refractivity contribution < 1.29 is 0 Å². The molecule has 1 N–H and O–H groups in total. The molecule has 108 valence electrons. The number of hydrogen-bond donors (Lipinski definition) is 1. The van der Waals surface area contributed by atoms with E-state index >= 15 is 0 Å². The van der Waals surface area contributed by atoms with Gasteiger partial charge in [-0.05, 0) is 57.0 Å². The smallest absolute Gasteiger partial charge is 0.0658 e. The molecule has 21 heavy (non-hydrogen) atoms. The van der Waals surface area contributed by atoms with Crippen LogP contribution in [-0.4, -0.2) is 6.21 Å².